The molecule has 82 valence electrons. The molecule has 0 aromatic heterocycles. The minimum Gasteiger partial charge on any atom is -0.382 e. The molecule has 0 bridgehead atoms. The van der Waals surface area contributed by atoms with E-state index in [0.717, 1.165) is 10.7 Å². The van der Waals surface area contributed by atoms with Crippen molar-refractivity contribution in [2.45, 2.75) is 39.2 Å². The van der Waals surface area contributed by atoms with E-state index in [4.69, 9.17) is 11.6 Å². The Morgan fingerprint density at radius 3 is 2.80 bits per heavy atom. The fraction of sp³-hybridized carbons (Fsp3) is 0.538. The third kappa shape index (κ3) is 2.88. The van der Waals surface area contributed by atoms with Gasteiger partial charge in [-0.15, -0.1) is 0 Å². The fourth-order valence-electron chi connectivity index (χ4n) is 2.37. The number of nitrogens with one attached hydrogen (secondary N) is 1. The second kappa shape index (κ2) is 4.05. The lowest BCUT2D eigenvalue weighted by Gasteiger charge is -2.18. The standard InChI is InChI=1S/C13H18ClN/c1-13(2)7-6-12(9-13)15-11-5-3-4-10(14)8-11/h3-5,8,12,15H,6-7,9H2,1-2H3. The van der Waals surface area contributed by atoms with Crippen LogP contribution in [0.1, 0.15) is 33.1 Å². The van der Waals surface area contributed by atoms with Crippen LogP contribution in [0.4, 0.5) is 5.69 Å². The van der Waals surface area contributed by atoms with E-state index in [2.05, 4.69) is 25.2 Å². The summed E-state index contributed by atoms with van der Waals surface area (Å²) in [6.07, 6.45) is 3.82. The van der Waals surface area contributed by atoms with Crippen LogP contribution in [0.2, 0.25) is 5.02 Å². The number of benzene rings is 1. The summed E-state index contributed by atoms with van der Waals surface area (Å²) in [6, 6.07) is 8.58. The van der Waals surface area contributed by atoms with Crippen LogP contribution in [0.25, 0.3) is 0 Å². The van der Waals surface area contributed by atoms with E-state index >= 15 is 0 Å². The van der Waals surface area contributed by atoms with E-state index in [0.29, 0.717) is 11.5 Å². The molecule has 0 amide bonds. The molecule has 1 aliphatic carbocycles. The molecule has 15 heavy (non-hydrogen) atoms. The van der Waals surface area contributed by atoms with E-state index in [1.165, 1.54) is 19.3 Å². The summed E-state index contributed by atoms with van der Waals surface area (Å²) in [5.74, 6) is 0. The Balaban J connectivity index is 1.99. The molecule has 1 N–H and O–H groups in total. The summed E-state index contributed by atoms with van der Waals surface area (Å²) < 4.78 is 0. The SMILES string of the molecule is CC1(C)CCC(Nc2cccc(Cl)c2)C1. The Morgan fingerprint density at radius 1 is 1.40 bits per heavy atom. The second-order valence-electron chi connectivity index (χ2n) is 5.26. The highest BCUT2D eigenvalue weighted by Gasteiger charge is 2.30. The highest BCUT2D eigenvalue weighted by Crippen LogP contribution is 2.38. The molecule has 2 heteroatoms. The Morgan fingerprint density at radius 2 is 2.20 bits per heavy atom. The lowest BCUT2D eigenvalue weighted by atomic mass is 9.92. The molecule has 1 saturated carbocycles. The summed E-state index contributed by atoms with van der Waals surface area (Å²) in [5, 5.41) is 4.36. The average Bonchev–Trinajstić information content (AvgIpc) is 2.45. The Hall–Kier alpha value is -0.690. The van der Waals surface area contributed by atoms with Crippen molar-refractivity contribution >= 4 is 17.3 Å². The van der Waals surface area contributed by atoms with Crippen molar-refractivity contribution in [3.05, 3.63) is 29.3 Å². The monoisotopic (exact) mass is 223 g/mol. The van der Waals surface area contributed by atoms with Crippen LogP contribution in [0.5, 0.6) is 0 Å². The molecule has 0 saturated heterocycles. The lowest BCUT2D eigenvalue weighted by Crippen LogP contribution is -2.17. The van der Waals surface area contributed by atoms with Gasteiger partial charge in [0.2, 0.25) is 0 Å². The van der Waals surface area contributed by atoms with Crippen LogP contribution in [-0.4, -0.2) is 6.04 Å². The molecule has 0 spiro atoms. The van der Waals surface area contributed by atoms with E-state index in [1.54, 1.807) is 0 Å². The van der Waals surface area contributed by atoms with Crippen LogP contribution < -0.4 is 5.32 Å². The van der Waals surface area contributed by atoms with Gasteiger partial charge in [-0.05, 0) is 42.9 Å². The zero-order chi connectivity index (χ0) is 10.9. The van der Waals surface area contributed by atoms with Gasteiger partial charge >= 0.3 is 0 Å². The summed E-state index contributed by atoms with van der Waals surface area (Å²) in [6.45, 7) is 4.68. The van der Waals surface area contributed by atoms with Crippen LogP contribution in [-0.2, 0) is 0 Å². The minimum atomic E-state index is 0.496. The smallest absolute Gasteiger partial charge is 0.0426 e. The third-order valence-electron chi connectivity index (χ3n) is 3.16. The van der Waals surface area contributed by atoms with Crippen LogP contribution in [0.3, 0.4) is 0 Å². The van der Waals surface area contributed by atoms with Gasteiger partial charge in [0.15, 0.2) is 0 Å². The number of hydrogen-bond donors (Lipinski definition) is 1. The highest BCUT2D eigenvalue weighted by molar-refractivity contribution is 6.30. The van der Waals surface area contributed by atoms with Crippen LogP contribution >= 0.6 is 11.6 Å². The first-order chi connectivity index (χ1) is 7.05. The molecule has 1 fully saturated rings. The third-order valence-corrected chi connectivity index (χ3v) is 3.40. The molecular formula is C13H18ClN. The van der Waals surface area contributed by atoms with Gasteiger partial charge in [0.05, 0.1) is 0 Å². The van der Waals surface area contributed by atoms with Crippen molar-refractivity contribution in [1.29, 1.82) is 0 Å². The highest BCUT2D eigenvalue weighted by atomic mass is 35.5. The van der Waals surface area contributed by atoms with Gasteiger partial charge in [-0.1, -0.05) is 31.5 Å². The van der Waals surface area contributed by atoms with E-state index in [9.17, 15) is 0 Å². The number of halogens is 1. The van der Waals surface area contributed by atoms with Gasteiger partial charge in [0.25, 0.3) is 0 Å². The Kier molecular flexibility index (Phi) is 2.92. The van der Waals surface area contributed by atoms with Gasteiger partial charge in [0.1, 0.15) is 0 Å². The maximum Gasteiger partial charge on any atom is 0.0426 e. The molecule has 0 aliphatic heterocycles. The van der Waals surface area contributed by atoms with Crippen molar-refractivity contribution in [2.75, 3.05) is 5.32 Å². The maximum atomic E-state index is 5.95. The molecule has 0 radical (unpaired) electrons. The van der Waals surface area contributed by atoms with Crippen molar-refractivity contribution in [3.63, 3.8) is 0 Å². The normalized spacial score (nSPS) is 24.1. The summed E-state index contributed by atoms with van der Waals surface area (Å²) in [4.78, 5) is 0. The van der Waals surface area contributed by atoms with Crippen molar-refractivity contribution in [2.24, 2.45) is 5.41 Å². The van der Waals surface area contributed by atoms with Crippen molar-refractivity contribution in [3.8, 4) is 0 Å². The maximum absolute atomic E-state index is 5.95. The number of anilines is 1. The van der Waals surface area contributed by atoms with E-state index < -0.39 is 0 Å². The molecule has 1 nitrogen and oxygen atoms in total. The quantitative estimate of drug-likeness (QED) is 0.787. The largest absolute Gasteiger partial charge is 0.382 e. The first-order valence-corrected chi connectivity index (χ1v) is 5.95. The predicted molar refractivity (Wildman–Crippen MR) is 66.5 cm³/mol. The summed E-state index contributed by atoms with van der Waals surface area (Å²) in [5.41, 5.74) is 1.64. The van der Waals surface area contributed by atoms with Gasteiger partial charge in [0, 0.05) is 16.8 Å². The van der Waals surface area contributed by atoms with Gasteiger partial charge < -0.3 is 5.32 Å². The fourth-order valence-corrected chi connectivity index (χ4v) is 2.56. The first kappa shape index (κ1) is 10.8. The molecule has 1 aliphatic rings. The first-order valence-electron chi connectivity index (χ1n) is 5.57. The zero-order valence-corrected chi connectivity index (χ0v) is 10.1. The Bertz CT molecular complexity index is 346. The van der Waals surface area contributed by atoms with Crippen LogP contribution in [0, 0.1) is 5.41 Å². The number of hydrogen-bond acceptors (Lipinski definition) is 1. The molecule has 1 aromatic rings. The Labute approximate surface area is 96.8 Å². The topological polar surface area (TPSA) is 12.0 Å². The van der Waals surface area contributed by atoms with Gasteiger partial charge in [-0.25, -0.2) is 0 Å². The van der Waals surface area contributed by atoms with E-state index in [1.807, 2.05) is 18.2 Å². The lowest BCUT2D eigenvalue weighted by molar-refractivity contribution is 0.378. The van der Waals surface area contributed by atoms with Gasteiger partial charge in [-0.3, -0.25) is 0 Å². The molecular weight excluding hydrogens is 206 g/mol. The summed E-state index contributed by atoms with van der Waals surface area (Å²) in [7, 11) is 0. The average molecular weight is 224 g/mol. The molecule has 2 rings (SSSR count). The van der Waals surface area contributed by atoms with E-state index in [-0.39, 0.29) is 0 Å². The second-order valence-corrected chi connectivity index (χ2v) is 5.70. The van der Waals surface area contributed by atoms with Crippen molar-refractivity contribution in [1.82, 2.24) is 0 Å². The predicted octanol–water partition coefficient (Wildman–Crippen LogP) is 4.33. The zero-order valence-electron chi connectivity index (χ0n) is 9.39. The van der Waals surface area contributed by atoms with Gasteiger partial charge in [-0.2, -0.15) is 0 Å². The molecule has 1 atom stereocenters. The molecule has 1 aromatic carbocycles. The minimum absolute atomic E-state index is 0.496. The molecule has 0 heterocycles. The number of rotatable bonds is 2. The molecule has 1 unspecified atom stereocenters. The van der Waals surface area contributed by atoms with Crippen molar-refractivity contribution < 1.29 is 0 Å². The van der Waals surface area contributed by atoms with Crippen LogP contribution in [0.15, 0.2) is 24.3 Å². The summed E-state index contributed by atoms with van der Waals surface area (Å²) >= 11 is 5.95.